The molecule has 3 aromatic rings. The van der Waals surface area contributed by atoms with E-state index in [1.54, 1.807) is 0 Å². The number of hydrogen-bond acceptors (Lipinski definition) is 4. The Kier molecular flexibility index (Phi) is 3.78. The summed E-state index contributed by atoms with van der Waals surface area (Å²) in [5.41, 5.74) is 10.5. The Morgan fingerprint density at radius 1 is 1.26 bits per heavy atom. The van der Waals surface area contributed by atoms with Crippen molar-refractivity contribution in [3.63, 3.8) is 0 Å². The molecule has 0 saturated heterocycles. The molecule has 1 aromatic carbocycles. The Morgan fingerprint density at radius 3 is 2.61 bits per heavy atom. The summed E-state index contributed by atoms with van der Waals surface area (Å²) in [6, 6.07) is 9.60. The number of furan rings is 1. The normalized spacial score (nSPS) is 10.9. The number of carbonyl (C=O) groups is 1. The zero-order valence-electron chi connectivity index (χ0n) is 13.4. The van der Waals surface area contributed by atoms with Crippen LogP contribution in [0.4, 0.5) is 11.4 Å². The maximum absolute atomic E-state index is 12.4. The summed E-state index contributed by atoms with van der Waals surface area (Å²) in [6.45, 7) is 5.88. The molecule has 3 rings (SSSR count). The summed E-state index contributed by atoms with van der Waals surface area (Å²) >= 11 is 0. The number of aryl methyl sites for hydroxylation is 3. The SMILES string of the molecule is CCc1ccc(NC(=O)c2oc3nc(C)cc(C)c3c2N)cc1. The summed E-state index contributed by atoms with van der Waals surface area (Å²) in [6.07, 6.45) is 0.953. The molecule has 0 radical (unpaired) electrons. The molecule has 0 aliphatic carbocycles. The number of nitrogens with two attached hydrogens (primary N) is 1. The summed E-state index contributed by atoms with van der Waals surface area (Å²) in [5, 5.41) is 3.50. The van der Waals surface area contributed by atoms with Gasteiger partial charge in [-0.05, 0) is 49.6 Å². The minimum atomic E-state index is -0.373. The van der Waals surface area contributed by atoms with Gasteiger partial charge in [-0.15, -0.1) is 0 Å². The van der Waals surface area contributed by atoms with Gasteiger partial charge in [0.25, 0.3) is 5.91 Å². The van der Waals surface area contributed by atoms with Crippen molar-refractivity contribution in [2.75, 3.05) is 11.1 Å². The first-order chi connectivity index (χ1) is 11.0. The van der Waals surface area contributed by atoms with E-state index < -0.39 is 0 Å². The van der Waals surface area contributed by atoms with Crippen molar-refractivity contribution in [1.29, 1.82) is 0 Å². The Balaban J connectivity index is 1.94. The second-order valence-corrected chi connectivity index (χ2v) is 5.61. The molecule has 0 saturated carbocycles. The molecular formula is C18H19N3O2. The lowest BCUT2D eigenvalue weighted by Gasteiger charge is -2.04. The van der Waals surface area contributed by atoms with Crippen LogP contribution in [0.5, 0.6) is 0 Å². The van der Waals surface area contributed by atoms with E-state index in [1.807, 2.05) is 44.2 Å². The molecule has 0 bridgehead atoms. The quantitative estimate of drug-likeness (QED) is 0.770. The lowest BCUT2D eigenvalue weighted by Crippen LogP contribution is -2.12. The standard InChI is InChI=1S/C18H19N3O2/c1-4-12-5-7-13(8-6-12)21-17(22)16-15(19)14-10(2)9-11(3)20-18(14)23-16/h5-9H,4,19H2,1-3H3,(H,21,22). The zero-order valence-corrected chi connectivity index (χ0v) is 13.4. The van der Waals surface area contributed by atoms with Gasteiger partial charge >= 0.3 is 0 Å². The maximum atomic E-state index is 12.4. The van der Waals surface area contributed by atoms with E-state index >= 15 is 0 Å². The Morgan fingerprint density at radius 2 is 1.96 bits per heavy atom. The third-order valence-corrected chi connectivity index (χ3v) is 3.85. The fourth-order valence-corrected chi connectivity index (χ4v) is 2.65. The van der Waals surface area contributed by atoms with E-state index in [0.717, 1.165) is 17.7 Å². The maximum Gasteiger partial charge on any atom is 0.293 e. The molecule has 1 amide bonds. The van der Waals surface area contributed by atoms with Crippen LogP contribution in [0.25, 0.3) is 11.1 Å². The number of carbonyl (C=O) groups excluding carboxylic acids is 1. The van der Waals surface area contributed by atoms with Gasteiger partial charge in [-0.2, -0.15) is 0 Å². The van der Waals surface area contributed by atoms with Crippen molar-refractivity contribution in [3.05, 3.63) is 52.9 Å². The van der Waals surface area contributed by atoms with Gasteiger partial charge in [-0.3, -0.25) is 4.79 Å². The largest absolute Gasteiger partial charge is 0.430 e. The van der Waals surface area contributed by atoms with Crippen LogP contribution in [0, 0.1) is 13.8 Å². The van der Waals surface area contributed by atoms with Gasteiger partial charge in [-0.1, -0.05) is 19.1 Å². The molecule has 5 nitrogen and oxygen atoms in total. The molecule has 5 heteroatoms. The third-order valence-electron chi connectivity index (χ3n) is 3.85. The third kappa shape index (κ3) is 2.77. The molecule has 0 aliphatic heterocycles. The van der Waals surface area contributed by atoms with Gasteiger partial charge in [0.15, 0.2) is 0 Å². The van der Waals surface area contributed by atoms with Crippen LogP contribution in [0.1, 0.15) is 34.3 Å². The first-order valence-corrected chi connectivity index (χ1v) is 7.56. The number of aromatic nitrogens is 1. The number of anilines is 2. The minimum Gasteiger partial charge on any atom is -0.430 e. The van der Waals surface area contributed by atoms with E-state index in [2.05, 4.69) is 17.2 Å². The van der Waals surface area contributed by atoms with Crippen LogP contribution in [0.3, 0.4) is 0 Å². The van der Waals surface area contributed by atoms with Crippen LogP contribution < -0.4 is 11.1 Å². The lowest BCUT2D eigenvalue weighted by atomic mass is 10.1. The van der Waals surface area contributed by atoms with Gasteiger partial charge in [0.05, 0.1) is 11.1 Å². The highest BCUT2D eigenvalue weighted by molar-refractivity contribution is 6.11. The number of amides is 1. The molecule has 3 N–H and O–H groups in total. The van der Waals surface area contributed by atoms with Gasteiger partial charge < -0.3 is 15.5 Å². The molecule has 0 aliphatic rings. The Labute approximate surface area is 134 Å². The number of nitrogens with one attached hydrogen (secondary N) is 1. The summed E-state index contributed by atoms with van der Waals surface area (Å²) in [4.78, 5) is 16.7. The first-order valence-electron chi connectivity index (χ1n) is 7.56. The second kappa shape index (κ2) is 5.76. The highest BCUT2D eigenvalue weighted by Gasteiger charge is 2.21. The van der Waals surface area contributed by atoms with Crippen molar-refractivity contribution in [2.24, 2.45) is 0 Å². The van der Waals surface area contributed by atoms with Gasteiger partial charge in [0.1, 0.15) is 0 Å². The van der Waals surface area contributed by atoms with Crippen LogP contribution in [-0.4, -0.2) is 10.9 Å². The molecule has 0 atom stereocenters. The molecular weight excluding hydrogens is 290 g/mol. The monoisotopic (exact) mass is 309 g/mol. The van der Waals surface area contributed by atoms with Crippen molar-refractivity contribution in [1.82, 2.24) is 4.98 Å². The van der Waals surface area contributed by atoms with E-state index in [9.17, 15) is 4.79 Å². The summed E-state index contributed by atoms with van der Waals surface area (Å²) in [7, 11) is 0. The summed E-state index contributed by atoms with van der Waals surface area (Å²) in [5.74, 6) is -0.275. The predicted molar refractivity (Wildman–Crippen MR) is 91.7 cm³/mol. The lowest BCUT2D eigenvalue weighted by molar-refractivity contribution is 0.0999. The highest BCUT2D eigenvalue weighted by atomic mass is 16.4. The second-order valence-electron chi connectivity index (χ2n) is 5.61. The number of nitrogen functional groups attached to an aromatic ring is 1. The zero-order chi connectivity index (χ0) is 16.6. The number of rotatable bonds is 3. The van der Waals surface area contributed by atoms with Gasteiger partial charge in [0.2, 0.25) is 11.5 Å². The Bertz CT molecular complexity index is 879. The van der Waals surface area contributed by atoms with Crippen molar-refractivity contribution in [3.8, 4) is 0 Å². The molecule has 23 heavy (non-hydrogen) atoms. The fourth-order valence-electron chi connectivity index (χ4n) is 2.65. The highest BCUT2D eigenvalue weighted by Crippen LogP contribution is 2.30. The Hall–Kier alpha value is -2.82. The van der Waals surface area contributed by atoms with Crippen LogP contribution >= 0.6 is 0 Å². The number of hydrogen-bond donors (Lipinski definition) is 2. The summed E-state index contributed by atoms with van der Waals surface area (Å²) < 4.78 is 5.59. The van der Waals surface area contributed by atoms with E-state index in [0.29, 0.717) is 22.5 Å². The average molecular weight is 309 g/mol. The van der Waals surface area contributed by atoms with Crippen LogP contribution in [0.15, 0.2) is 34.7 Å². The van der Waals surface area contributed by atoms with E-state index in [4.69, 9.17) is 10.2 Å². The van der Waals surface area contributed by atoms with Crippen LogP contribution in [-0.2, 0) is 6.42 Å². The topological polar surface area (TPSA) is 81.2 Å². The minimum absolute atomic E-state index is 0.0979. The molecule has 2 heterocycles. The van der Waals surface area contributed by atoms with Crippen molar-refractivity contribution < 1.29 is 9.21 Å². The number of fused-ring (bicyclic) bond motifs is 1. The number of pyridine rings is 1. The van der Waals surface area contributed by atoms with E-state index in [-0.39, 0.29) is 11.7 Å². The smallest absolute Gasteiger partial charge is 0.293 e. The average Bonchev–Trinajstić information content (AvgIpc) is 2.85. The molecule has 0 unspecified atom stereocenters. The van der Waals surface area contributed by atoms with Crippen molar-refractivity contribution in [2.45, 2.75) is 27.2 Å². The first kappa shape index (κ1) is 15.1. The molecule has 118 valence electrons. The van der Waals surface area contributed by atoms with Gasteiger partial charge in [-0.25, -0.2) is 4.98 Å². The fraction of sp³-hybridized carbons (Fsp3) is 0.222. The molecule has 0 spiro atoms. The number of benzene rings is 1. The van der Waals surface area contributed by atoms with Gasteiger partial charge in [0, 0.05) is 11.4 Å². The van der Waals surface area contributed by atoms with Crippen molar-refractivity contribution >= 4 is 28.4 Å². The molecule has 0 fully saturated rings. The molecule has 2 aromatic heterocycles. The number of nitrogens with zero attached hydrogens (tertiary/aromatic N) is 1. The van der Waals surface area contributed by atoms with E-state index in [1.165, 1.54) is 5.56 Å². The predicted octanol–water partition coefficient (Wildman–Crippen LogP) is 3.84. The van der Waals surface area contributed by atoms with Crippen LogP contribution in [0.2, 0.25) is 0 Å².